The van der Waals surface area contributed by atoms with E-state index < -0.39 is 0 Å². The zero-order chi connectivity index (χ0) is 11.7. The number of nitrogens with two attached hydrogens (primary N) is 1. The summed E-state index contributed by atoms with van der Waals surface area (Å²) in [5, 5.41) is 7.57. The molecule has 0 aliphatic heterocycles. The Morgan fingerprint density at radius 3 is 2.81 bits per heavy atom. The number of rotatable bonds is 2. The molecule has 2 N–H and O–H groups in total. The second-order valence-corrected chi connectivity index (χ2v) is 4.28. The van der Waals surface area contributed by atoms with E-state index in [1.165, 1.54) is 12.1 Å². The molecule has 1 heterocycles. The number of hydrogen-bond acceptors (Lipinski definition) is 3. The molecular weight excluding hydrogens is 275 g/mol. The van der Waals surface area contributed by atoms with Gasteiger partial charge in [0.25, 0.3) is 0 Å². The van der Waals surface area contributed by atoms with Crippen molar-refractivity contribution < 1.29 is 4.39 Å². The van der Waals surface area contributed by atoms with Gasteiger partial charge in [-0.3, -0.25) is 4.68 Å². The van der Waals surface area contributed by atoms with Crippen LogP contribution in [0.1, 0.15) is 17.3 Å². The highest BCUT2D eigenvalue weighted by Crippen LogP contribution is 2.26. The Balaban J connectivity index is 2.41. The van der Waals surface area contributed by atoms with Crippen LogP contribution >= 0.6 is 15.9 Å². The fraction of sp³-hybridized carbons (Fsp3) is 0.200. The molecule has 16 heavy (non-hydrogen) atoms. The zero-order valence-electron chi connectivity index (χ0n) is 8.56. The highest BCUT2D eigenvalue weighted by Gasteiger charge is 2.16. The van der Waals surface area contributed by atoms with E-state index in [-0.39, 0.29) is 11.9 Å². The first-order chi connectivity index (χ1) is 7.59. The van der Waals surface area contributed by atoms with Crippen LogP contribution in [0, 0.1) is 5.82 Å². The van der Waals surface area contributed by atoms with Gasteiger partial charge >= 0.3 is 0 Å². The maximum Gasteiger partial charge on any atom is 0.124 e. The molecule has 84 valence electrons. The molecule has 0 bridgehead atoms. The second kappa shape index (κ2) is 4.31. The minimum absolute atomic E-state index is 0.300. The lowest BCUT2D eigenvalue weighted by molar-refractivity contribution is 0.622. The van der Waals surface area contributed by atoms with E-state index in [0.29, 0.717) is 4.47 Å². The molecule has 0 fully saturated rings. The van der Waals surface area contributed by atoms with Crippen LogP contribution in [-0.2, 0) is 7.05 Å². The predicted octanol–water partition coefficient (Wildman–Crippen LogP) is 1.76. The topological polar surface area (TPSA) is 56.7 Å². The van der Waals surface area contributed by atoms with Crippen LogP contribution in [0.25, 0.3) is 0 Å². The summed E-state index contributed by atoms with van der Waals surface area (Å²) in [6.07, 6.45) is 1.60. The van der Waals surface area contributed by atoms with Crippen LogP contribution in [0.5, 0.6) is 0 Å². The molecule has 0 aliphatic rings. The summed E-state index contributed by atoms with van der Waals surface area (Å²) >= 11 is 3.29. The van der Waals surface area contributed by atoms with Crippen LogP contribution < -0.4 is 5.73 Å². The van der Waals surface area contributed by atoms with Crippen molar-refractivity contribution in [1.29, 1.82) is 0 Å². The zero-order valence-corrected chi connectivity index (χ0v) is 10.1. The lowest BCUT2D eigenvalue weighted by Crippen LogP contribution is -2.16. The van der Waals surface area contributed by atoms with Gasteiger partial charge < -0.3 is 5.73 Å². The van der Waals surface area contributed by atoms with Crippen molar-refractivity contribution in [2.75, 3.05) is 0 Å². The fourth-order valence-electron chi connectivity index (χ4n) is 1.49. The third kappa shape index (κ3) is 1.98. The first-order valence-corrected chi connectivity index (χ1v) is 5.44. The summed E-state index contributed by atoms with van der Waals surface area (Å²) in [6.45, 7) is 0. The molecule has 0 saturated carbocycles. The lowest BCUT2D eigenvalue weighted by atomic mass is 10.1. The second-order valence-electron chi connectivity index (χ2n) is 3.43. The van der Waals surface area contributed by atoms with Gasteiger partial charge in [0.1, 0.15) is 5.82 Å². The Morgan fingerprint density at radius 1 is 1.50 bits per heavy atom. The van der Waals surface area contributed by atoms with Crippen LogP contribution in [0.2, 0.25) is 0 Å². The SMILES string of the molecule is Cn1nncc1C(N)c1ccc(F)cc1Br. The molecule has 0 saturated heterocycles. The predicted molar refractivity (Wildman–Crippen MR) is 61.1 cm³/mol. The lowest BCUT2D eigenvalue weighted by Gasteiger charge is -2.13. The van der Waals surface area contributed by atoms with Crippen molar-refractivity contribution in [2.24, 2.45) is 12.8 Å². The Morgan fingerprint density at radius 2 is 2.25 bits per heavy atom. The molecule has 1 aromatic carbocycles. The number of aromatic nitrogens is 3. The molecule has 1 aromatic heterocycles. The Kier molecular flexibility index (Phi) is 3.02. The number of halogens is 2. The summed E-state index contributed by atoms with van der Waals surface area (Å²) in [4.78, 5) is 0. The summed E-state index contributed by atoms with van der Waals surface area (Å²) < 4.78 is 15.2. The molecule has 0 spiro atoms. The maximum atomic E-state index is 12.9. The van der Waals surface area contributed by atoms with E-state index in [0.717, 1.165) is 11.3 Å². The normalized spacial score (nSPS) is 12.8. The minimum Gasteiger partial charge on any atom is -0.319 e. The van der Waals surface area contributed by atoms with E-state index >= 15 is 0 Å². The van der Waals surface area contributed by atoms with E-state index in [1.807, 2.05) is 0 Å². The largest absolute Gasteiger partial charge is 0.319 e. The molecule has 0 aliphatic carbocycles. The van der Waals surface area contributed by atoms with Gasteiger partial charge in [-0.05, 0) is 17.7 Å². The van der Waals surface area contributed by atoms with Crippen molar-refractivity contribution in [2.45, 2.75) is 6.04 Å². The third-order valence-corrected chi connectivity index (χ3v) is 3.05. The molecule has 1 unspecified atom stereocenters. The highest BCUT2D eigenvalue weighted by atomic mass is 79.9. The van der Waals surface area contributed by atoms with E-state index in [2.05, 4.69) is 26.2 Å². The van der Waals surface area contributed by atoms with Crippen LogP contribution in [0.15, 0.2) is 28.9 Å². The summed E-state index contributed by atoms with van der Waals surface area (Å²) in [7, 11) is 1.76. The van der Waals surface area contributed by atoms with Gasteiger partial charge in [0.2, 0.25) is 0 Å². The van der Waals surface area contributed by atoms with E-state index in [4.69, 9.17) is 5.73 Å². The van der Waals surface area contributed by atoms with Crippen LogP contribution in [-0.4, -0.2) is 15.0 Å². The Hall–Kier alpha value is -1.27. The molecular formula is C10H10BrFN4. The van der Waals surface area contributed by atoms with Gasteiger partial charge in [-0.25, -0.2) is 4.39 Å². The summed E-state index contributed by atoms with van der Waals surface area (Å²) in [5.41, 5.74) is 7.63. The summed E-state index contributed by atoms with van der Waals surface area (Å²) in [5.74, 6) is -0.300. The van der Waals surface area contributed by atoms with Crippen molar-refractivity contribution in [1.82, 2.24) is 15.0 Å². The smallest absolute Gasteiger partial charge is 0.124 e. The number of hydrogen-bond donors (Lipinski definition) is 1. The fourth-order valence-corrected chi connectivity index (χ4v) is 2.09. The first kappa shape index (κ1) is 11.2. The van der Waals surface area contributed by atoms with Gasteiger partial charge in [0, 0.05) is 11.5 Å². The van der Waals surface area contributed by atoms with E-state index in [9.17, 15) is 4.39 Å². The van der Waals surface area contributed by atoms with Crippen molar-refractivity contribution >= 4 is 15.9 Å². The highest BCUT2D eigenvalue weighted by molar-refractivity contribution is 9.10. The number of aryl methyl sites for hydroxylation is 1. The van der Waals surface area contributed by atoms with E-state index in [1.54, 1.807) is 24.0 Å². The van der Waals surface area contributed by atoms with Gasteiger partial charge in [-0.2, -0.15) is 0 Å². The molecule has 0 amide bonds. The third-order valence-electron chi connectivity index (χ3n) is 2.37. The number of nitrogens with zero attached hydrogens (tertiary/aromatic N) is 3. The Labute approximate surface area is 100 Å². The average molecular weight is 285 g/mol. The maximum absolute atomic E-state index is 12.9. The molecule has 1 atom stereocenters. The summed E-state index contributed by atoms with van der Waals surface area (Å²) in [6, 6.07) is 4.04. The number of benzene rings is 1. The quantitative estimate of drug-likeness (QED) is 0.914. The van der Waals surface area contributed by atoms with Crippen molar-refractivity contribution in [3.63, 3.8) is 0 Å². The van der Waals surface area contributed by atoms with Gasteiger partial charge in [-0.1, -0.05) is 27.2 Å². The van der Waals surface area contributed by atoms with Gasteiger partial charge in [0.15, 0.2) is 0 Å². The monoisotopic (exact) mass is 284 g/mol. The molecule has 2 aromatic rings. The van der Waals surface area contributed by atoms with Crippen LogP contribution in [0.3, 0.4) is 0 Å². The molecule has 2 rings (SSSR count). The van der Waals surface area contributed by atoms with Crippen LogP contribution in [0.4, 0.5) is 4.39 Å². The molecule has 0 radical (unpaired) electrons. The molecule has 6 heteroatoms. The Bertz CT molecular complexity index is 511. The van der Waals surface area contributed by atoms with Gasteiger partial charge in [-0.15, -0.1) is 5.10 Å². The standard InChI is InChI=1S/C10H10BrFN4/c1-16-9(5-14-15-16)10(13)7-3-2-6(12)4-8(7)11/h2-5,10H,13H2,1H3. The van der Waals surface area contributed by atoms with Crippen molar-refractivity contribution in [3.8, 4) is 0 Å². The average Bonchev–Trinajstić information content (AvgIpc) is 2.63. The van der Waals surface area contributed by atoms with Gasteiger partial charge in [0.05, 0.1) is 17.9 Å². The molecule has 4 nitrogen and oxygen atoms in total. The minimum atomic E-state index is -0.380. The first-order valence-electron chi connectivity index (χ1n) is 4.64. The van der Waals surface area contributed by atoms with Crippen molar-refractivity contribution in [3.05, 3.63) is 45.9 Å².